The van der Waals surface area contributed by atoms with Crippen LogP contribution in [-0.4, -0.2) is 25.1 Å². The zero-order chi connectivity index (χ0) is 15.9. The van der Waals surface area contributed by atoms with Gasteiger partial charge in [0.2, 0.25) is 0 Å². The molecule has 2 aromatic carbocycles. The predicted octanol–water partition coefficient (Wildman–Crippen LogP) is 4.63. The summed E-state index contributed by atoms with van der Waals surface area (Å²) < 4.78 is 6.05. The van der Waals surface area contributed by atoms with Gasteiger partial charge in [-0.15, -0.1) is 0 Å². The minimum absolute atomic E-state index is 0.484. The molecule has 0 amide bonds. The summed E-state index contributed by atoms with van der Waals surface area (Å²) in [6.45, 7) is 9.11. The Morgan fingerprint density at radius 2 is 1.77 bits per heavy atom. The van der Waals surface area contributed by atoms with E-state index in [1.54, 1.807) is 0 Å². The Bertz CT molecular complexity index is 578. The maximum absolute atomic E-state index is 6.05. The van der Waals surface area contributed by atoms with Crippen LogP contribution in [0.2, 0.25) is 0 Å². The van der Waals surface area contributed by atoms with E-state index in [-0.39, 0.29) is 0 Å². The van der Waals surface area contributed by atoms with Gasteiger partial charge in [-0.1, -0.05) is 56.3 Å². The van der Waals surface area contributed by atoms with E-state index in [0.717, 1.165) is 18.8 Å². The minimum atomic E-state index is 0.484. The van der Waals surface area contributed by atoms with Gasteiger partial charge in [0.25, 0.3) is 0 Å². The van der Waals surface area contributed by atoms with Crippen LogP contribution < -0.4 is 4.74 Å². The second-order valence-corrected chi connectivity index (χ2v) is 6.27. The predicted molar refractivity (Wildman–Crippen MR) is 93.5 cm³/mol. The van der Waals surface area contributed by atoms with E-state index >= 15 is 0 Å². The van der Waals surface area contributed by atoms with Crippen molar-refractivity contribution in [2.24, 2.45) is 0 Å². The molecule has 0 saturated heterocycles. The summed E-state index contributed by atoms with van der Waals surface area (Å²) >= 11 is 0. The first-order chi connectivity index (χ1) is 10.6. The van der Waals surface area contributed by atoms with Crippen molar-refractivity contribution in [2.75, 3.05) is 20.2 Å². The normalized spacial score (nSPS) is 11.2. The first kappa shape index (κ1) is 16.6. The number of rotatable bonds is 7. The second kappa shape index (κ2) is 8.00. The van der Waals surface area contributed by atoms with Gasteiger partial charge in [0.15, 0.2) is 0 Å². The smallest absolute Gasteiger partial charge is 0.123 e. The van der Waals surface area contributed by atoms with E-state index in [4.69, 9.17) is 4.74 Å². The van der Waals surface area contributed by atoms with E-state index in [1.165, 1.54) is 16.7 Å². The fourth-order valence-electron chi connectivity index (χ4n) is 2.53. The standard InChI is InChI=1S/C20H27NO/c1-16(2)19-11-10-17(3)14-20(19)22-13-12-21(4)15-18-8-6-5-7-9-18/h5-11,14,16H,12-13,15H2,1-4H3. The average molecular weight is 297 g/mol. The van der Waals surface area contributed by atoms with Crippen LogP contribution >= 0.6 is 0 Å². The van der Waals surface area contributed by atoms with Crippen molar-refractivity contribution in [3.63, 3.8) is 0 Å². The lowest BCUT2D eigenvalue weighted by Gasteiger charge is -2.19. The number of hydrogen-bond donors (Lipinski definition) is 0. The monoisotopic (exact) mass is 297 g/mol. The highest BCUT2D eigenvalue weighted by atomic mass is 16.5. The van der Waals surface area contributed by atoms with Crippen LogP contribution in [-0.2, 0) is 6.54 Å². The van der Waals surface area contributed by atoms with Crippen molar-refractivity contribution >= 4 is 0 Å². The Balaban J connectivity index is 1.87. The SMILES string of the molecule is Cc1ccc(C(C)C)c(OCCN(C)Cc2ccccc2)c1. The van der Waals surface area contributed by atoms with E-state index in [9.17, 15) is 0 Å². The van der Waals surface area contributed by atoms with Crippen LogP contribution in [0.15, 0.2) is 48.5 Å². The van der Waals surface area contributed by atoms with E-state index < -0.39 is 0 Å². The highest BCUT2D eigenvalue weighted by molar-refractivity contribution is 5.39. The van der Waals surface area contributed by atoms with Crippen LogP contribution in [0.5, 0.6) is 5.75 Å². The Labute approximate surface area is 134 Å². The van der Waals surface area contributed by atoms with Gasteiger partial charge in [-0.3, -0.25) is 4.90 Å². The maximum Gasteiger partial charge on any atom is 0.123 e. The fraction of sp³-hybridized carbons (Fsp3) is 0.400. The molecule has 0 aliphatic rings. The Hall–Kier alpha value is -1.80. The van der Waals surface area contributed by atoms with Gasteiger partial charge in [-0.25, -0.2) is 0 Å². The molecule has 0 N–H and O–H groups in total. The van der Waals surface area contributed by atoms with Crippen molar-refractivity contribution < 1.29 is 4.74 Å². The molecule has 0 bridgehead atoms. The largest absolute Gasteiger partial charge is 0.492 e. The number of nitrogens with zero attached hydrogens (tertiary/aromatic N) is 1. The lowest BCUT2D eigenvalue weighted by molar-refractivity contribution is 0.231. The summed E-state index contributed by atoms with van der Waals surface area (Å²) in [7, 11) is 2.13. The molecular weight excluding hydrogens is 270 g/mol. The Morgan fingerprint density at radius 3 is 2.45 bits per heavy atom. The molecule has 0 aromatic heterocycles. The molecule has 0 aliphatic heterocycles. The lowest BCUT2D eigenvalue weighted by Crippen LogP contribution is -2.24. The van der Waals surface area contributed by atoms with Crippen molar-refractivity contribution in [1.29, 1.82) is 0 Å². The quantitative estimate of drug-likeness (QED) is 0.739. The Kier molecular flexibility index (Phi) is 6.02. The van der Waals surface area contributed by atoms with Crippen molar-refractivity contribution in [3.8, 4) is 5.75 Å². The van der Waals surface area contributed by atoms with E-state index in [0.29, 0.717) is 12.5 Å². The van der Waals surface area contributed by atoms with Crippen molar-refractivity contribution in [1.82, 2.24) is 4.90 Å². The number of likely N-dealkylation sites (N-methyl/N-ethyl adjacent to an activating group) is 1. The molecule has 0 saturated carbocycles. The van der Waals surface area contributed by atoms with Crippen LogP contribution in [0.4, 0.5) is 0 Å². The Morgan fingerprint density at radius 1 is 1.05 bits per heavy atom. The molecule has 0 atom stereocenters. The third-order valence-corrected chi connectivity index (χ3v) is 3.82. The van der Waals surface area contributed by atoms with Gasteiger partial charge in [-0.05, 0) is 42.6 Å². The minimum Gasteiger partial charge on any atom is -0.492 e. The first-order valence-corrected chi connectivity index (χ1v) is 8.02. The molecule has 0 spiro atoms. The molecule has 0 aliphatic carbocycles. The van der Waals surface area contributed by atoms with Gasteiger partial charge in [0.05, 0.1) is 0 Å². The first-order valence-electron chi connectivity index (χ1n) is 8.02. The molecule has 2 aromatic rings. The topological polar surface area (TPSA) is 12.5 Å². The van der Waals surface area contributed by atoms with Crippen molar-refractivity contribution in [3.05, 3.63) is 65.2 Å². The summed E-state index contributed by atoms with van der Waals surface area (Å²) in [5.74, 6) is 1.51. The summed E-state index contributed by atoms with van der Waals surface area (Å²) in [5, 5.41) is 0. The second-order valence-electron chi connectivity index (χ2n) is 6.27. The zero-order valence-electron chi connectivity index (χ0n) is 14.2. The lowest BCUT2D eigenvalue weighted by atomic mass is 10.0. The average Bonchev–Trinajstić information content (AvgIpc) is 2.48. The van der Waals surface area contributed by atoms with Gasteiger partial charge in [0.1, 0.15) is 12.4 Å². The summed E-state index contributed by atoms with van der Waals surface area (Å²) in [6.07, 6.45) is 0. The number of benzene rings is 2. The summed E-state index contributed by atoms with van der Waals surface area (Å²) in [5.41, 5.74) is 3.87. The zero-order valence-corrected chi connectivity index (χ0v) is 14.2. The molecule has 118 valence electrons. The molecule has 0 heterocycles. The molecule has 0 unspecified atom stereocenters. The number of aryl methyl sites for hydroxylation is 1. The molecule has 0 fully saturated rings. The van der Waals surface area contributed by atoms with Gasteiger partial charge in [-0.2, -0.15) is 0 Å². The third kappa shape index (κ3) is 4.88. The van der Waals surface area contributed by atoms with Crippen LogP contribution in [0, 0.1) is 6.92 Å². The molecule has 2 nitrogen and oxygen atoms in total. The van der Waals surface area contributed by atoms with Gasteiger partial charge in [0, 0.05) is 13.1 Å². The fourth-order valence-corrected chi connectivity index (χ4v) is 2.53. The third-order valence-electron chi connectivity index (χ3n) is 3.82. The maximum atomic E-state index is 6.05. The van der Waals surface area contributed by atoms with Crippen molar-refractivity contribution in [2.45, 2.75) is 33.2 Å². The molecule has 22 heavy (non-hydrogen) atoms. The summed E-state index contributed by atoms with van der Waals surface area (Å²) in [4.78, 5) is 2.29. The molecule has 0 radical (unpaired) electrons. The van der Waals surface area contributed by atoms with Crippen LogP contribution in [0.25, 0.3) is 0 Å². The van der Waals surface area contributed by atoms with Gasteiger partial charge < -0.3 is 4.74 Å². The summed E-state index contributed by atoms with van der Waals surface area (Å²) in [6, 6.07) is 17.0. The highest BCUT2D eigenvalue weighted by Gasteiger charge is 2.08. The molecule has 2 rings (SSSR count). The van der Waals surface area contributed by atoms with Gasteiger partial charge >= 0.3 is 0 Å². The van der Waals surface area contributed by atoms with E-state index in [1.807, 2.05) is 0 Å². The number of ether oxygens (including phenoxy) is 1. The van der Waals surface area contributed by atoms with Crippen LogP contribution in [0.1, 0.15) is 36.5 Å². The highest BCUT2D eigenvalue weighted by Crippen LogP contribution is 2.27. The molecular formula is C20H27NO. The molecule has 2 heteroatoms. The number of hydrogen-bond acceptors (Lipinski definition) is 2. The van der Waals surface area contributed by atoms with Crippen LogP contribution in [0.3, 0.4) is 0 Å². The van der Waals surface area contributed by atoms with E-state index in [2.05, 4.69) is 81.2 Å².